The summed E-state index contributed by atoms with van der Waals surface area (Å²) in [5, 5.41) is 1.22. The standard InChI is InChI=1S/C18H27NO3Si/c1-20-23(21-2,22-3)13-9-5-4-6-10-16-14-17-11-7-8-12-18(17)19-15-16/h7-8,11-12,14-15H,4-6,9-10,13H2,1-3H3. The smallest absolute Gasteiger partial charge is 0.377 e. The summed E-state index contributed by atoms with van der Waals surface area (Å²) in [6.07, 6.45) is 7.72. The number of benzene rings is 1. The van der Waals surface area contributed by atoms with Crippen LogP contribution in [0.25, 0.3) is 10.9 Å². The van der Waals surface area contributed by atoms with Crippen LogP contribution in [0.15, 0.2) is 36.5 Å². The van der Waals surface area contributed by atoms with Gasteiger partial charge in [0.15, 0.2) is 0 Å². The molecule has 0 atom stereocenters. The van der Waals surface area contributed by atoms with Crippen LogP contribution in [0.5, 0.6) is 0 Å². The van der Waals surface area contributed by atoms with Crippen LogP contribution < -0.4 is 0 Å². The van der Waals surface area contributed by atoms with Gasteiger partial charge in [-0.25, -0.2) is 0 Å². The van der Waals surface area contributed by atoms with Crippen molar-refractivity contribution in [2.45, 2.75) is 38.1 Å². The zero-order valence-corrected chi connectivity index (χ0v) is 15.4. The minimum absolute atomic E-state index is 0.883. The molecule has 5 heteroatoms. The molecule has 23 heavy (non-hydrogen) atoms. The average Bonchev–Trinajstić information content (AvgIpc) is 2.61. The third-order valence-electron chi connectivity index (χ3n) is 4.28. The lowest BCUT2D eigenvalue weighted by Gasteiger charge is -2.24. The van der Waals surface area contributed by atoms with E-state index in [0.717, 1.165) is 24.4 Å². The number of nitrogens with zero attached hydrogens (tertiary/aromatic N) is 1. The number of hydrogen-bond acceptors (Lipinski definition) is 4. The van der Waals surface area contributed by atoms with Crippen molar-refractivity contribution in [1.29, 1.82) is 0 Å². The van der Waals surface area contributed by atoms with Crippen molar-refractivity contribution in [1.82, 2.24) is 4.98 Å². The largest absolute Gasteiger partial charge is 0.500 e. The predicted molar refractivity (Wildman–Crippen MR) is 95.5 cm³/mol. The summed E-state index contributed by atoms with van der Waals surface area (Å²) in [6.45, 7) is 0. The minimum Gasteiger partial charge on any atom is -0.377 e. The molecule has 0 saturated heterocycles. The van der Waals surface area contributed by atoms with E-state index in [1.54, 1.807) is 21.3 Å². The van der Waals surface area contributed by atoms with Gasteiger partial charge in [0.05, 0.1) is 5.52 Å². The molecule has 0 fully saturated rings. The van der Waals surface area contributed by atoms with Crippen molar-refractivity contribution in [3.05, 3.63) is 42.1 Å². The van der Waals surface area contributed by atoms with E-state index in [0.29, 0.717) is 0 Å². The van der Waals surface area contributed by atoms with Crippen LogP contribution in [-0.4, -0.2) is 35.1 Å². The second kappa shape index (κ2) is 9.13. The fraction of sp³-hybridized carbons (Fsp3) is 0.500. The van der Waals surface area contributed by atoms with Crippen LogP contribution in [-0.2, 0) is 19.7 Å². The first-order valence-electron chi connectivity index (χ1n) is 8.22. The van der Waals surface area contributed by atoms with Gasteiger partial charge in [0, 0.05) is 39.0 Å². The van der Waals surface area contributed by atoms with Crippen molar-refractivity contribution in [2.24, 2.45) is 0 Å². The summed E-state index contributed by atoms with van der Waals surface area (Å²) in [4.78, 5) is 4.52. The van der Waals surface area contributed by atoms with Crippen LogP contribution in [0.1, 0.15) is 31.2 Å². The molecule has 0 amide bonds. The van der Waals surface area contributed by atoms with Gasteiger partial charge in [0.1, 0.15) is 0 Å². The predicted octanol–water partition coefficient (Wildman–Crippen LogP) is 4.22. The highest BCUT2D eigenvalue weighted by Crippen LogP contribution is 2.19. The Balaban J connectivity index is 1.70. The number of para-hydroxylation sites is 1. The monoisotopic (exact) mass is 333 g/mol. The molecule has 126 valence electrons. The third kappa shape index (κ3) is 5.11. The van der Waals surface area contributed by atoms with E-state index in [1.807, 2.05) is 12.3 Å². The molecule has 0 unspecified atom stereocenters. The summed E-state index contributed by atoms with van der Waals surface area (Å²) in [5.74, 6) is 0. The van der Waals surface area contributed by atoms with Gasteiger partial charge in [0.25, 0.3) is 0 Å². The zero-order valence-electron chi connectivity index (χ0n) is 14.4. The molecule has 0 saturated carbocycles. The second-order valence-electron chi connectivity index (χ2n) is 5.75. The van der Waals surface area contributed by atoms with E-state index in [4.69, 9.17) is 13.3 Å². The molecule has 1 aromatic heterocycles. The lowest BCUT2D eigenvalue weighted by Crippen LogP contribution is -2.42. The number of hydrogen-bond donors (Lipinski definition) is 0. The molecule has 4 nitrogen and oxygen atoms in total. The molecule has 0 spiro atoms. The zero-order chi connectivity index (χ0) is 16.5. The molecule has 0 radical (unpaired) electrons. The normalized spacial score (nSPS) is 12.0. The van der Waals surface area contributed by atoms with Crippen LogP contribution >= 0.6 is 0 Å². The summed E-state index contributed by atoms with van der Waals surface area (Å²) < 4.78 is 16.3. The first kappa shape index (κ1) is 18.1. The van der Waals surface area contributed by atoms with E-state index >= 15 is 0 Å². The highest BCUT2D eigenvalue weighted by Gasteiger charge is 2.36. The quantitative estimate of drug-likeness (QED) is 0.482. The Morgan fingerprint density at radius 2 is 1.61 bits per heavy atom. The summed E-state index contributed by atoms with van der Waals surface area (Å²) in [6, 6.07) is 11.4. The first-order valence-corrected chi connectivity index (χ1v) is 10.2. The number of fused-ring (bicyclic) bond motifs is 1. The number of aromatic nitrogens is 1. The van der Waals surface area contributed by atoms with Gasteiger partial charge in [-0.15, -0.1) is 0 Å². The van der Waals surface area contributed by atoms with Crippen molar-refractivity contribution in [2.75, 3.05) is 21.3 Å². The molecule has 2 aromatic rings. The molecule has 0 aliphatic heterocycles. The Hall–Kier alpha value is -1.27. The Kier molecular flexibility index (Phi) is 7.17. The Morgan fingerprint density at radius 3 is 2.35 bits per heavy atom. The SMILES string of the molecule is CO[Si](CCCCCCc1cnc2ccccc2c1)(OC)OC. The van der Waals surface area contributed by atoms with E-state index in [2.05, 4.69) is 29.2 Å². The highest BCUT2D eigenvalue weighted by molar-refractivity contribution is 6.60. The fourth-order valence-electron chi connectivity index (χ4n) is 2.83. The van der Waals surface area contributed by atoms with Gasteiger partial charge in [-0.3, -0.25) is 4.98 Å². The topological polar surface area (TPSA) is 40.6 Å². The Bertz CT molecular complexity index is 593. The maximum absolute atomic E-state index is 5.44. The van der Waals surface area contributed by atoms with Gasteiger partial charge in [0.2, 0.25) is 0 Å². The second-order valence-corrected chi connectivity index (χ2v) is 8.84. The van der Waals surface area contributed by atoms with E-state index in [9.17, 15) is 0 Å². The van der Waals surface area contributed by atoms with Gasteiger partial charge in [-0.1, -0.05) is 31.0 Å². The summed E-state index contributed by atoms with van der Waals surface area (Å²) >= 11 is 0. The van der Waals surface area contributed by atoms with E-state index < -0.39 is 8.80 Å². The minimum atomic E-state index is -2.38. The van der Waals surface area contributed by atoms with Crippen molar-refractivity contribution < 1.29 is 13.3 Å². The van der Waals surface area contributed by atoms with Crippen LogP contribution in [0.4, 0.5) is 0 Å². The number of pyridine rings is 1. The molecule has 0 aliphatic rings. The van der Waals surface area contributed by atoms with Crippen molar-refractivity contribution in [3.63, 3.8) is 0 Å². The molecule has 2 rings (SSSR count). The average molecular weight is 334 g/mol. The third-order valence-corrected chi connectivity index (χ3v) is 7.11. The summed E-state index contributed by atoms with van der Waals surface area (Å²) in [5.41, 5.74) is 2.38. The fourth-order valence-corrected chi connectivity index (χ4v) is 4.63. The first-order chi connectivity index (χ1) is 11.2. The van der Waals surface area contributed by atoms with Crippen molar-refractivity contribution >= 4 is 19.7 Å². The van der Waals surface area contributed by atoms with Crippen molar-refractivity contribution in [3.8, 4) is 0 Å². The number of rotatable bonds is 10. The highest BCUT2D eigenvalue weighted by atomic mass is 28.4. The molecule has 0 aliphatic carbocycles. The molecule has 0 N–H and O–H groups in total. The number of unbranched alkanes of at least 4 members (excludes halogenated alkanes) is 3. The van der Waals surface area contributed by atoms with Crippen LogP contribution in [0.2, 0.25) is 6.04 Å². The van der Waals surface area contributed by atoms with Gasteiger partial charge >= 0.3 is 8.80 Å². The maximum Gasteiger partial charge on any atom is 0.500 e. The maximum atomic E-state index is 5.44. The summed E-state index contributed by atoms with van der Waals surface area (Å²) in [7, 11) is 2.64. The lowest BCUT2D eigenvalue weighted by molar-refractivity contribution is 0.122. The lowest BCUT2D eigenvalue weighted by atomic mass is 10.1. The van der Waals surface area contributed by atoms with Gasteiger partial charge < -0.3 is 13.3 Å². The molecular formula is C18H27NO3Si. The molecular weight excluding hydrogens is 306 g/mol. The molecule has 0 bridgehead atoms. The van der Waals surface area contributed by atoms with E-state index in [-0.39, 0.29) is 0 Å². The number of aryl methyl sites for hydroxylation is 1. The Labute approximate surface area is 140 Å². The van der Waals surface area contributed by atoms with Crippen LogP contribution in [0.3, 0.4) is 0 Å². The van der Waals surface area contributed by atoms with Crippen LogP contribution in [0, 0.1) is 0 Å². The molecule has 1 aromatic carbocycles. The Morgan fingerprint density at radius 1 is 0.913 bits per heavy atom. The molecule has 1 heterocycles. The van der Waals surface area contributed by atoms with E-state index in [1.165, 1.54) is 30.2 Å². The van der Waals surface area contributed by atoms with Gasteiger partial charge in [-0.2, -0.15) is 0 Å². The van der Waals surface area contributed by atoms with Gasteiger partial charge in [-0.05, 0) is 37.0 Å².